The van der Waals surface area contributed by atoms with Gasteiger partial charge in [-0.05, 0) is 35.9 Å². The maximum Gasteiger partial charge on any atom is 0.257 e. The van der Waals surface area contributed by atoms with Gasteiger partial charge in [0.05, 0.1) is 25.5 Å². The SMILES string of the molecule is COc1ccc(OC)c(S(=O)(=O)Cc2cncc(C(=O)Nc3ccccc3)c2)c1. The molecule has 2 aromatic carbocycles. The summed E-state index contributed by atoms with van der Waals surface area (Å²) < 4.78 is 36.2. The molecule has 0 radical (unpaired) electrons. The normalized spacial score (nSPS) is 11.0. The fourth-order valence-electron chi connectivity index (χ4n) is 2.74. The molecule has 0 fully saturated rings. The first kappa shape index (κ1) is 20.3. The second-order valence-corrected chi connectivity index (χ2v) is 8.14. The molecule has 1 heterocycles. The van der Waals surface area contributed by atoms with Crippen molar-refractivity contribution in [3.63, 3.8) is 0 Å². The van der Waals surface area contributed by atoms with Gasteiger partial charge in [0.2, 0.25) is 0 Å². The first-order chi connectivity index (χ1) is 13.9. The van der Waals surface area contributed by atoms with E-state index in [2.05, 4.69) is 10.3 Å². The number of carbonyl (C=O) groups is 1. The monoisotopic (exact) mass is 412 g/mol. The van der Waals surface area contributed by atoms with Crippen molar-refractivity contribution in [2.45, 2.75) is 10.6 Å². The summed E-state index contributed by atoms with van der Waals surface area (Å²) in [6, 6.07) is 15.0. The van der Waals surface area contributed by atoms with Crippen molar-refractivity contribution in [3.8, 4) is 11.5 Å². The Bertz CT molecular complexity index is 1110. The summed E-state index contributed by atoms with van der Waals surface area (Å²) in [5, 5.41) is 2.75. The molecule has 0 spiro atoms. The molecule has 7 nitrogen and oxygen atoms in total. The second kappa shape index (κ2) is 8.74. The predicted octanol–water partition coefficient (Wildman–Crippen LogP) is 3.33. The minimum Gasteiger partial charge on any atom is -0.497 e. The van der Waals surface area contributed by atoms with Gasteiger partial charge >= 0.3 is 0 Å². The van der Waals surface area contributed by atoms with Crippen molar-refractivity contribution in [1.29, 1.82) is 0 Å². The Morgan fingerprint density at radius 1 is 1.00 bits per heavy atom. The van der Waals surface area contributed by atoms with Crippen LogP contribution in [0.2, 0.25) is 0 Å². The zero-order chi connectivity index (χ0) is 20.9. The van der Waals surface area contributed by atoms with E-state index in [9.17, 15) is 13.2 Å². The summed E-state index contributed by atoms with van der Waals surface area (Å²) in [6.45, 7) is 0. The number of anilines is 1. The van der Waals surface area contributed by atoms with Gasteiger partial charge in [-0.2, -0.15) is 0 Å². The maximum atomic E-state index is 13.0. The van der Waals surface area contributed by atoms with Crippen molar-refractivity contribution >= 4 is 21.4 Å². The fourth-order valence-corrected chi connectivity index (χ4v) is 4.25. The van der Waals surface area contributed by atoms with E-state index >= 15 is 0 Å². The van der Waals surface area contributed by atoms with Gasteiger partial charge in [0, 0.05) is 24.1 Å². The van der Waals surface area contributed by atoms with Crippen molar-refractivity contribution < 1.29 is 22.7 Å². The number of nitrogens with one attached hydrogen (secondary N) is 1. The molecule has 1 N–H and O–H groups in total. The van der Waals surface area contributed by atoms with E-state index in [1.807, 2.05) is 6.07 Å². The third-order valence-corrected chi connectivity index (χ3v) is 5.85. The van der Waals surface area contributed by atoms with Crippen molar-refractivity contribution in [2.75, 3.05) is 19.5 Å². The molecule has 29 heavy (non-hydrogen) atoms. The summed E-state index contributed by atoms with van der Waals surface area (Å²) in [4.78, 5) is 16.5. The van der Waals surface area contributed by atoms with Gasteiger partial charge in [0.25, 0.3) is 5.91 Å². The maximum absolute atomic E-state index is 13.0. The average Bonchev–Trinajstić information content (AvgIpc) is 2.73. The van der Waals surface area contributed by atoms with E-state index in [-0.39, 0.29) is 27.9 Å². The molecule has 3 rings (SSSR count). The number of carbonyl (C=O) groups excluding carboxylic acids is 1. The van der Waals surface area contributed by atoms with Crippen molar-refractivity contribution in [2.24, 2.45) is 0 Å². The lowest BCUT2D eigenvalue weighted by Gasteiger charge is -2.12. The van der Waals surface area contributed by atoms with Crippen molar-refractivity contribution in [1.82, 2.24) is 4.98 Å². The topological polar surface area (TPSA) is 94.6 Å². The van der Waals surface area contributed by atoms with Crippen molar-refractivity contribution in [3.05, 3.63) is 78.1 Å². The number of hydrogen-bond donors (Lipinski definition) is 1. The van der Waals surface area contributed by atoms with Crippen LogP contribution >= 0.6 is 0 Å². The summed E-state index contributed by atoms with van der Waals surface area (Å²) in [5.41, 5.74) is 1.28. The summed E-state index contributed by atoms with van der Waals surface area (Å²) >= 11 is 0. The highest BCUT2D eigenvalue weighted by molar-refractivity contribution is 7.90. The number of amides is 1. The highest BCUT2D eigenvalue weighted by Gasteiger charge is 2.22. The number of benzene rings is 2. The van der Waals surface area contributed by atoms with Crippen LogP contribution in [0.1, 0.15) is 15.9 Å². The Morgan fingerprint density at radius 3 is 2.45 bits per heavy atom. The predicted molar refractivity (Wildman–Crippen MR) is 109 cm³/mol. The molecule has 0 unspecified atom stereocenters. The number of para-hydroxylation sites is 1. The van der Waals surface area contributed by atoms with Crippen LogP contribution in [0.25, 0.3) is 0 Å². The Labute approximate surface area is 169 Å². The number of aromatic nitrogens is 1. The van der Waals surface area contributed by atoms with Crippen LogP contribution in [0, 0.1) is 0 Å². The molecule has 1 aromatic heterocycles. The van der Waals surface area contributed by atoms with E-state index < -0.39 is 9.84 Å². The van der Waals surface area contributed by atoms with E-state index in [1.165, 1.54) is 44.8 Å². The van der Waals surface area contributed by atoms with Gasteiger partial charge in [0.15, 0.2) is 9.84 Å². The van der Waals surface area contributed by atoms with Gasteiger partial charge in [-0.15, -0.1) is 0 Å². The number of ether oxygens (including phenoxy) is 2. The quantitative estimate of drug-likeness (QED) is 0.640. The molecule has 0 saturated carbocycles. The standard InChI is InChI=1S/C21H20N2O5S/c1-27-18-8-9-19(28-2)20(11-18)29(25,26)14-15-10-16(13-22-12-15)21(24)23-17-6-4-3-5-7-17/h3-13H,14H2,1-2H3,(H,23,24). The molecule has 0 aliphatic heterocycles. The lowest BCUT2D eigenvalue weighted by Crippen LogP contribution is -2.13. The Kier molecular flexibility index (Phi) is 6.13. The smallest absolute Gasteiger partial charge is 0.257 e. The van der Waals surface area contributed by atoms with Gasteiger partial charge < -0.3 is 14.8 Å². The van der Waals surface area contributed by atoms with Gasteiger partial charge in [0.1, 0.15) is 16.4 Å². The number of pyridine rings is 1. The lowest BCUT2D eigenvalue weighted by atomic mass is 10.2. The summed E-state index contributed by atoms with van der Waals surface area (Å²) in [7, 11) is -0.912. The third kappa shape index (κ3) is 4.91. The van der Waals surface area contributed by atoms with E-state index in [0.29, 0.717) is 17.0 Å². The zero-order valence-electron chi connectivity index (χ0n) is 16.0. The van der Waals surface area contributed by atoms with Crippen LogP contribution in [-0.4, -0.2) is 33.5 Å². The van der Waals surface area contributed by atoms with Crippen LogP contribution in [0.15, 0.2) is 71.9 Å². The van der Waals surface area contributed by atoms with Crippen LogP contribution in [0.5, 0.6) is 11.5 Å². The minimum atomic E-state index is -3.77. The molecule has 1 amide bonds. The molecule has 0 aliphatic carbocycles. The number of sulfone groups is 1. The minimum absolute atomic E-state index is 0.0125. The van der Waals surface area contributed by atoms with Crippen LogP contribution in [0.4, 0.5) is 5.69 Å². The Hall–Kier alpha value is -3.39. The van der Waals surface area contributed by atoms with Crippen LogP contribution in [0.3, 0.4) is 0 Å². The first-order valence-corrected chi connectivity index (χ1v) is 10.3. The molecule has 150 valence electrons. The number of rotatable bonds is 7. The Balaban J connectivity index is 1.85. The van der Waals surface area contributed by atoms with Crippen LogP contribution < -0.4 is 14.8 Å². The third-order valence-electron chi connectivity index (χ3n) is 4.15. The molecular weight excluding hydrogens is 392 g/mol. The molecular formula is C21H20N2O5S. The molecule has 0 bridgehead atoms. The summed E-state index contributed by atoms with van der Waals surface area (Å²) in [6.07, 6.45) is 2.81. The number of hydrogen-bond acceptors (Lipinski definition) is 6. The van der Waals surface area contributed by atoms with E-state index in [1.54, 1.807) is 30.3 Å². The Morgan fingerprint density at radius 2 is 1.76 bits per heavy atom. The fraction of sp³-hybridized carbons (Fsp3) is 0.143. The van der Waals surface area contributed by atoms with E-state index in [4.69, 9.17) is 9.47 Å². The largest absolute Gasteiger partial charge is 0.497 e. The van der Waals surface area contributed by atoms with E-state index in [0.717, 1.165) is 0 Å². The molecule has 0 atom stereocenters. The molecule has 8 heteroatoms. The van der Waals surface area contributed by atoms with Crippen LogP contribution in [-0.2, 0) is 15.6 Å². The molecule has 3 aromatic rings. The first-order valence-electron chi connectivity index (χ1n) is 8.68. The van der Waals surface area contributed by atoms with Gasteiger partial charge in [-0.3, -0.25) is 9.78 Å². The highest BCUT2D eigenvalue weighted by Crippen LogP contribution is 2.30. The lowest BCUT2D eigenvalue weighted by molar-refractivity contribution is 0.102. The van der Waals surface area contributed by atoms with Gasteiger partial charge in [-0.25, -0.2) is 8.42 Å². The zero-order valence-corrected chi connectivity index (χ0v) is 16.8. The molecule has 0 aliphatic rings. The average molecular weight is 412 g/mol. The summed E-state index contributed by atoms with van der Waals surface area (Å²) in [5.74, 6) is -0.0900. The highest BCUT2D eigenvalue weighted by atomic mass is 32.2. The number of methoxy groups -OCH3 is 2. The van der Waals surface area contributed by atoms with Gasteiger partial charge in [-0.1, -0.05) is 18.2 Å². The molecule has 0 saturated heterocycles. The number of nitrogens with zero attached hydrogens (tertiary/aromatic N) is 1. The second-order valence-electron chi connectivity index (χ2n) is 6.18.